The number of fused-ring (bicyclic) bond motifs is 1. The second kappa shape index (κ2) is 8.35. The van der Waals surface area contributed by atoms with Crippen LogP contribution in [-0.2, 0) is 15.7 Å². The second-order valence-corrected chi connectivity index (χ2v) is 13.1. The highest BCUT2D eigenvalue weighted by Gasteiger charge is 2.62. The van der Waals surface area contributed by atoms with E-state index in [1.807, 2.05) is 6.07 Å². The van der Waals surface area contributed by atoms with Crippen LogP contribution in [0.2, 0.25) is 0 Å². The fourth-order valence-electron chi connectivity index (χ4n) is 4.73. The van der Waals surface area contributed by atoms with Crippen molar-refractivity contribution in [3.63, 3.8) is 0 Å². The van der Waals surface area contributed by atoms with Crippen molar-refractivity contribution < 1.29 is 22.2 Å². The first-order valence-corrected chi connectivity index (χ1v) is 12.9. The van der Waals surface area contributed by atoms with Crippen molar-refractivity contribution in [2.45, 2.75) is 55.6 Å². The highest BCUT2D eigenvalue weighted by molar-refractivity contribution is 8.04. The Kier molecular flexibility index (Phi) is 5.96. The summed E-state index contributed by atoms with van der Waals surface area (Å²) >= 11 is 0. The van der Waals surface area contributed by atoms with Crippen LogP contribution in [0, 0.1) is 24.1 Å². The van der Waals surface area contributed by atoms with E-state index in [1.54, 1.807) is 20.8 Å². The number of nitrogens with two attached hydrogens (primary N) is 1. The van der Waals surface area contributed by atoms with Gasteiger partial charge in [-0.05, 0) is 61.6 Å². The minimum absolute atomic E-state index is 0.0233. The number of halogens is 3. The summed E-state index contributed by atoms with van der Waals surface area (Å²) in [6, 6.07) is 5.64. The van der Waals surface area contributed by atoms with Gasteiger partial charge in [-0.15, -0.1) is 0 Å². The number of anilines is 1. The monoisotopic (exact) mass is 521 g/mol. The number of carbonyl (C=O) groups excluding carboxylic acids is 1. The predicted molar refractivity (Wildman–Crippen MR) is 130 cm³/mol. The van der Waals surface area contributed by atoms with Gasteiger partial charge in [0, 0.05) is 12.6 Å². The molecule has 2 aromatic heterocycles. The molecule has 0 spiro atoms. The summed E-state index contributed by atoms with van der Waals surface area (Å²) in [7, 11) is -3.68. The number of hydrogen-bond acceptors (Lipinski definition) is 7. The molecule has 0 saturated carbocycles. The Morgan fingerprint density at radius 1 is 1.33 bits per heavy atom. The lowest BCUT2D eigenvalue weighted by Gasteiger charge is -2.56. The summed E-state index contributed by atoms with van der Waals surface area (Å²) in [6.07, 6.45) is 0.432. The molecule has 4 heterocycles. The lowest BCUT2D eigenvalue weighted by atomic mass is 9.88. The standard InChI is InChI=1S/C23H26F3N7O2S/c1-12-7-13(9-27)10-29-17(12)19(34)32-16-6-5-14(24)18(31-16)22(4)15-8-23(25,26)11-30-36(15,35)21(2,3)20(28)33-22/h5-7,10,15,36H,8,11H2,1-4H3,(H2,28,33)(H,30,35)(H,31,32,34)/t15-,22+/m1/s1. The molecule has 1 fully saturated rings. The molecule has 2 aliphatic rings. The van der Waals surface area contributed by atoms with Gasteiger partial charge in [-0.1, -0.05) is 0 Å². The Hall–Kier alpha value is -3.37. The third kappa shape index (κ3) is 3.94. The van der Waals surface area contributed by atoms with Crippen molar-refractivity contribution in [2.75, 3.05) is 11.9 Å². The zero-order chi connectivity index (χ0) is 26.7. The van der Waals surface area contributed by atoms with Crippen molar-refractivity contribution in [1.82, 2.24) is 14.7 Å². The number of thiol groups is 1. The van der Waals surface area contributed by atoms with Gasteiger partial charge in [0.2, 0.25) is 0 Å². The van der Waals surface area contributed by atoms with E-state index in [0.29, 0.717) is 5.56 Å². The number of nitrogens with one attached hydrogen (secondary N) is 2. The molecule has 36 heavy (non-hydrogen) atoms. The van der Waals surface area contributed by atoms with E-state index in [-0.39, 0.29) is 28.6 Å². The summed E-state index contributed by atoms with van der Waals surface area (Å²) in [6.45, 7) is 5.30. The number of amidine groups is 1. The molecule has 0 aromatic carbocycles. The summed E-state index contributed by atoms with van der Waals surface area (Å²) < 4.78 is 59.7. The molecule has 0 aliphatic carbocycles. The number of hydrogen-bond donors (Lipinski definition) is 4. The second-order valence-electron chi connectivity index (χ2n) is 9.75. The maximum atomic E-state index is 15.2. The van der Waals surface area contributed by atoms with Crippen molar-refractivity contribution in [3.8, 4) is 6.07 Å². The Morgan fingerprint density at radius 2 is 2.03 bits per heavy atom. The molecule has 2 aliphatic heterocycles. The number of nitrogens with zero attached hydrogens (tertiary/aromatic N) is 4. The number of nitriles is 1. The van der Waals surface area contributed by atoms with Crippen LogP contribution in [0.25, 0.3) is 0 Å². The minimum Gasteiger partial charge on any atom is -0.386 e. The average molecular weight is 522 g/mol. The van der Waals surface area contributed by atoms with Crippen molar-refractivity contribution in [3.05, 3.63) is 52.7 Å². The molecule has 2 atom stereocenters. The summed E-state index contributed by atoms with van der Waals surface area (Å²) in [5.41, 5.74) is 4.73. The number of aromatic nitrogens is 2. The molecule has 4 N–H and O–H groups in total. The lowest BCUT2D eigenvalue weighted by molar-refractivity contribution is -0.0139. The minimum atomic E-state index is -3.68. The van der Waals surface area contributed by atoms with Gasteiger partial charge in [-0.3, -0.25) is 18.7 Å². The van der Waals surface area contributed by atoms with Gasteiger partial charge >= 0.3 is 0 Å². The molecule has 192 valence electrons. The molecular weight excluding hydrogens is 495 g/mol. The highest BCUT2D eigenvalue weighted by atomic mass is 32.3. The first kappa shape index (κ1) is 25.7. The molecule has 1 amide bonds. The maximum Gasteiger partial charge on any atom is 0.275 e. The van der Waals surface area contributed by atoms with Crippen molar-refractivity contribution >= 4 is 27.7 Å². The quantitative estimate of drug-likeness (QED) is 0.456. The predicted octanol–water partition coefficient (Wildman–Crippen LogP) is 2.34. The molecule has 2 aromatic rings. The largest absolute Gasteiger partial charge is 0.386 e. The fourth-order valence-corrected chi connectivity index (χ4v) is 8.39. The van der Waals surface area contributed by atoms with Gasteiger partial charge in [-0.2, -0.15) is 5.26 Å². The Morgan fingerprint density at radius 3 is 2.67 bits per heavy atom. The molecule has 9 nitrogen and oxygen atoms in total. The Bertz CT molecular complexity index is 1390. The number of amides is 1. The third-order valence-corrected chi connectivity index (χ3v) is 11.0. The van der Waals surface area contributed by atoms with Crippen LogP contribution in [0.4, 0.5) is 19.0 Å². The molecule has 0 bridgehead atoms. The highest BCUT2D eigenvalue weighted by Crippen LogP contribution is 2.50. The number of aryl methyl sites for hydroxylation is 1. The van der Waals surface area contributed by atoms with Crippen molar-refractivity contribution in [1.29, 1.82) is 5.26 Å². The van der Waals surface area contributed by atoms with E-state index in [0.717, 1.165) is 6.07 Å². The van der Waals surface area contributed by atoms with Gasteiger partial charge < -0.3 is 11.1 Å². The Balaban J connectivity index is 1.78. The van der Waals surface area contributed by atoms with Crippen LogP contribution in [0.5, 0.6) is 0 Å². The van der Waals surface area contributed by atoms with E-state index in [9.17, 15) is 17.8 Å². The maximum absolute atomic E-state index is 15.2. The molecule has 0 radical (unpaired) electrons. The van der Waals surface area contributed by atoms with Gasteiger partial charge in [0.25, 0.3) is 11.8 Å². The topological polar surface area (TPSA) is 146 Å². The summed E-state index contributed by atoms with van der Waals surface area (Å²) in [5.74, 6) is -4.92. The van der Waals surface area contributed by atoms with E-state index >= 15 is 4.39 Å². The Labute approximate surface area is 207 Å². The number of aliphatic imine (C=N–C) groups is 1. The SMILES string of the molecule is Cc1cc(C#N)cnc1C(=O)Nc1ccc(F)c([C@@]2(C)N=C(N)C(C)(C)[SH]3(=O)NCC(F)(F)C[C@H]23)n1. The van der Waals surface area contributed by atoms with Crippen LogP contribution in [0.1, 0.15) is 54.5 Å². The van der Waals surface area contributed by atoms with Crippen LogP contribution < -0.4 is 15.8 Å². The summed E-state index contributed by atoms with van der Waals surface area (Å²) in [4.78, 5) is 25.4. The van der Waals surface area contributed by atoms with E-state index in [1.165, 1.54) is 25.3 Å². The number of carbonyl (C=O) groups is 1. The molecule has 4 rings (SSSR count). The molecular formula is C23H26F3N7O2S. The molecule has 1 saturated heterocycles. The zero-order valence-electron chi connectivity index (χ0n) is 20.1. The number of pyridine rings is 2. The average Bonchev–Trinajstić information content (AvgIpc) is 2.80. The van der Waals surface area contributed by atoms with E-state index < -0.39 is 56.3 Å². The first-order valence-electron chi connectivity index (χ1n) is 11.1. The van der Waals surface area contributed by atoms with Crippen LogP contribution in [0.3, 0.4) is 0 Å². The van der Waals surface area contributed by atoms with Gasteiger partial charge in [0.15, 0.2) is 0 Å². The van der Waals surface area contributed by atoms with Crippen LogP contribution in [-0.4, -0.2) is 48.4 Å². The summed E-state index contributed by atoms with van der Waals surface area (Å²) in [5, 5.41) is 10.2. The first-order chi connectivity index (χ1) is 16.6. The smallest absolute Gasteiger partial charge is 0.275 e. The number of rotatable bonds is 3. The lowest BCUT2D eigenvalue weighted by Crippen LogP contribution is -2.72. The molecule has 13 heteroatoms. The van der Waals surface area contributed by atoms with Crippen LogP contribution >= 0.6 is 0 Å². The fraction of sp³-hybridized carbons (Fsp3) is 0.435. The van der Waals surface area contributed by atoms with E-state index in [4.69, 9.17) is 11.0 Å². The zero-order valence-corrected chi connectivity index (χ0v) is 21.0. The van der Waals surface area contributed by atoms with Gasteiger partial charge in [-0.25, -0.2) is 23.1 Å². The van der Waals surface area contributed by atoms with Gasteiger partial charge in [0.05, 0.1) is 22.1 Å². The molecule has 0 unspecified atom stereocenters. The number of alkyl halides is 2. The van der Waals surface area contributed by atoms with Crippen molar-refractivity contribution in [2.24, 2.45) is 10.7 Å². The normalized spacial score (nSPS) is 26.6. The van der Waals surface area contributed by atoms with Crippen LogP contribution in [0.15, 0.2) is 29.4 Å². The van der Waals surface area contributed by atoms with E-state index in [2.05, 4.69) is 25.0 Å². The van der Waals surface area contributed by atoms with Gasteiger partial charge in [0.1, 0.15) is 40.5 Å². The third-order valence-electron chi connectivity index (χ3n) is 6.95.